The van der Waals surface area contributed by atoms with E-state index in [9.17, 15) is 15.0 Å². The highest BCUT2D eigenvalue weighted by molar-refractivity contribution is 6.43. The Morgan fingerprint density at radius 2 is 2.00 bits per heavy atom. The lowest BCUT2D eigenvalue weighted by Gasteiger charge is -2.16. The molecule has 8 heteroatoms. The van der Waals surface area contributed by atoms with Crippen LogP contribution in [-0.4, -0.2) is 44.5 Å². The maximum atomic E-state index is 10.4. The molecule has 1 rings (SSSR count). The van der Waals surface area contributed by atoms with Gasteiger partial charge in [0, 0.05) is 0 Å². The molecule has 0 aliphatic rings. The van der Waals surface area contributed by atoms with Crippen LogP contribution >= 0.6 is 0 Å². The van der Waals surface area contributed by atoms with E-state index in [4.69, 9.17) is 15.2 Å². The largest absolute Gasteiger partial charge is 0.504 e. The molecule has 7 nitrogen and oxygen atoms in total. The molecule has 0 aliphatic carbocycles. The lowest BCUT2D eigenvalue weighted by Crippen LogP contribution is -2.47. The number of carbonyl (C=O) groups is 1. The summed E-state index contributed by atoms with van der Waals surface area (Å²) < 4.78 is 0. The molecule has 1 amide bonds. The summed E-state index contributed by atoms with van der Waals surface area (Å²) in [7, 11) is -1.91. The zero-order chi connectivity index (χ0) is 13.0. The van der Waals surface area contributed by atoms with Crippen LogP contribution in [0.25, 0.3) is 0 Å². The number of benzene rings is 1. The number of amides is 1. The van der Waals surface area contributed by atoms with Gasteiger partial charge < -0.3 is 30.7 Å². The minimum absolute atomic E-state index is 0.163. The second-order valence-electron chi connectivity index (χ2n) is 3.46. The summed E-state index contributed by atoms with van der Waals surface area (Å²) in [4.78, 5) is 10.4. The van der Waals surface area contributed by atoms with E-state index in [0.29, 0.717) is 0 Å². The molecule has 0 bridgehead atoms. The van der Waals surface area contributed by atoms with Gasteiger partial charge in [0.05, 0.1) is 5.94 Å². The number of rotatable bonds is 4. The molecule has 0 aliphatic heterocycles. The Hall–Kier alpha value is -1.93. The van der Waals surface area contributed by atoms with Gasteiger partial charge in [-0.05, 0) is 18.1 Å². The fraction of sp³-hybridized carbons (Fsp3) is 0.222. The van der Waals surface area contributed by atoms with Crippen molar-refractivity contribution in [3.05, 3.63) is 23.8 Å². The van der Waals surface area contributed by atoms with Crippen LogP contribution in [0, 0.1) is 0 Å². The SMILES string of the molecule is O=C(O)NC(Cc1cccc(O)c1O)B(O)O. The highest BCUT2D eigenvalue weighted by Gasteiger charge is 2.26. The van der Waals surface area contributed by atoms with E-state index in [0.717, 1.165) is 0 Å². The Morgan fingerprint density at radius 1 is 1.35 bits per heavy atom. The smallest absolute Gasteiger partial charge is 0.475 e. The average Bonchev–Trinajstić information content (AvgIpc) is 2.22. The Balaban J connectivity index is 2.86. The van der Waals surface area contributed by atoms with Gasteiger partial charge in [0.2, 0.25) is 0 Å². The molecule has 0 saturated heterocycles. The minimum atomic E-state index is -1.91. The van der Waals surface area contributed by atoms with E-state index >= 15 is 0 Å². The summed E-state index contributed by atoms with van der Waals surface area (Å²) in [5.74, 6) is -1.96. The first-order valence-electron chi connectivity index (χ1n) is 4.77. The Labute approximate surface area is 97.1 Å². The molecular weight excluding hydrogens is 229 g/mol. The van der Waals surface area contributed by atoms with Crippen LogP contribution in [0.3, 0.4) is 0 Å². The van der Waals surface area contributed by atoms with E-state index in [1.165, 1.54) is 18.2 Å². The van der Waals surface area contributed by atoms with Crippen molar-refractivity contribution in [1.29, 1.82) is 0 Å². The first kappa shape index (κ1) is 13.1. The van der Waals surface area contributed by atoms with Gasteiger partial charge in [-0.2, -0.15) is 0 Å². The summed E-state index contributed by atoms with van der Waals surface area (Å²) in [5.41, 5.74) is 0.205. The van der Waals surface area contributed by atoms with Crippen molar-refractivity contribution in [2.24, 2.45) is 0 Å². The highest BCUT2D eigenvalue weighted by atomic mass is 16.4. The number of phenolic OH excluding ortho intramolecular Hbond substituents is 2. The lowest BCUT2D eigenvalue weighted by molar-refractivity contribution is 0.190. The number of hydrogen-bond donors (Lipinski definition) is 6. The van der Waals surface area contributed by atoms with Crippen LogP contribution in [0.2, 0.25) is 0 Å². The molecule has 0 radical (unpaired) electrons. The Kier molecular flexibility index (Phi) is 4.19. The van der Waals surface area contributed by atoms with E-state index in [-0.39, 0.29) is 17.7 Å². The fourth-order valence-corrected chi connectivity index (χ4v) is 1.37. The Bertz CT molecular complexity index is 410. The van der Waals surface area contributed by atoms with Gasteiger partial charge in [0.25, 0.3) is 0 Å². The standard InChI is InChI=1S/C9H12BNO6/c12-6-3-1-2-5(8(6)13)4-7(10(16)17)11-9(14)15/h1-3,7,11-13,16-17H,4H2,(H,14,15). The molecule has 0 fully saturated rings. The van der Waals surface area contributed by atoms with Crippen molar-refractivity contribution in [2.75, 3.05) is 0 Å². The molecule has 0 saturated carbocycles. The monoisotopic (exact) mass is 241 g/mol. The molecule has 1 aromatic carbocycles. The minimum Gasteiger partial charge on any atom is -0.504 e. The predicted molar refractivity (Wildman–Crippen MR) is 58.6 cm³/mol. The summed E-state index contributed by atoms with van der Waals surface area (Å²) in [5, 5.41) is 47.0. The Morgan fingerprint density at radius 3 is 2.53 bits per heavy atom. The summed E-state index contributed by atoms with van der Waals surface area (Å²) in [6, 6.07) is 4.15. The van der Waals surface area contributed by atoms with Crippen molar-refractivity contribution in [3.63, 3.8) is 0 Å². The quantitative estimate of drug-likeness (QED) is 0.305. The van der Waals surface area contributed by atoms with Crippen LogP contribution in [0.1, 0.15) is 5.56 Å². The maximum absolute atomic E-state index is 10.4. The van der Waals surface area contributed by atoms with Crippen LogP contribution in [-0.2, 0) is 6.42 Å². The van der Waals surface area contributed by atoms with Gasteiger partial charge in [0.15, 0.2) is 11.5 Å². The molecule has 0 heterocycles. The normalized spacial score (nSPS) is 11.9. The molecule has 0 spiro atoms. The lowest BCUT2D eigenvalue weighted by atomic mass is 9.76. The second-order valence-corrected chi connectivity index (χ2v) is 3.46. The van der Waals surface area contributed by atoms with Crippen LogP contribution in [0.5, 0.6) is 11.5 Å². The molecule has 92 valence electrons. The van der Waals surface area contributed by atoms with Gasteiger partial charge in [-0.3, -0.25) is 0 Å². The topological polar surface area (TPSA) is 130 Å². The van der Waals surface area contributed by atoms with Crippen molar-refractivity contribution >= 4 is 13.2 Å². The third-order valence-corrected chi connectivity index (χ3v) is 2.21. The van der Waals surface area contributed by atoms with E-state index in [1.807, 2.05) is 5.32 Å². The summed E-state index contributed by atoms with van der Waals surface area (Å²) in [6.45, 7) is 0. The predicted octanol–water partition coefficient (Wildman–Crippen LogP) is -0.712. The molecule has 6 N–H and O–H groups in total. The molecule has 17 heavy (non-hydrogen) atoms. The molecular formula is C9H12BNO6. The number of carboxylic acid groups (broad SMARTS) is 1. The van der Waals surface area contributed by atoms with Crippen LogP contribution in [0.4, 0.5) is 4.79 Å². The number of phenols is 2. The van der Waals surface area contributed by atoms with Crippen molar-refractivity contribution in [2.45, 2.75) is 12.4 Å². The zero-order valence-electron chi connectivity index (χ0n) is 8.74. The molecule has 1 atom stereocenters. The number of hydrogen-bond acceptors (Lipinski definition) is 5. The second kappa shape index (κ2) is 5.42. The van der Waals surface area contributed by atoms with Gasteiger partial charge in [-0.1, -0.05) is 12.1 Å². The van der Waals surface area contributed by atoms with Crippen molar-refractivity contribution < 1.29 is 30.2 Å². The summed E-state index contributed by atoms with van der Waals surface area (Å²) in [6.07, 6.45) is -1.58. The first-order chi connectivity index (χ1) is 7.91. The van der Waals surface area contributed by atoms with E-state index in [2.05, 4.69) is 0 Å². The number of aromatic hydroxyl groups is 2. The number of nitrogens with one attached hydrogen (secondary N) is 1. The van der Waals surface area contributed by atoms with Gasteiger partial charge in [-0.15, -0.1) is 0 Å². The van der Waals surface area contributed by atoms with Crippen molar-refractivity contribution in [3.8, 4) is 11.5 Å². The van der Waals surface area contributed by atoms with Crippen LogP contribution in [0.15, 0.2) is 18.2 Å². The molecule has 0 aromatic heterocycles. The number of para-hydroxylation sites is 1. The van der Waals surface area contributed by atoms with Gasteiger partial charge in [-0.25, -0.2) is 4.79 Å². The zero-order valence-corrected chi connectivity index (χ0v) is 8.74. The molecule has 1 aromatic rings. The van der Waals surface area contributed by atoms with E-state index in [1.54, 1.807) is 0 Å². The van der Waals surface area contributed by atoms with E-state index < -0.39 is 24.9 Å². The third kappa shape index (κ3) is 3.54. The molecule has 1 unspecified atom stereocenters. The van der Waals surface area contributed by atoms with Gasteiger partial charge >= 0.3 is 13.2 Å². The maximum Gasteiger partial charge on any atom is 0.475 e. The van der Waals surface area contributed by atoms with Crippen molar-refractivity contribution in [1.82, 2.24) is 5.32 Å². The third-order valence-electron chi connectivity index (χ3n) is 2.21. The van der Waals surface area contributed by atoms with Gasteiger partial charge in [0.1, 0.15) is 0 Å². The van der Waals surface area contributed by atoms with Crippen LogP contribution < -0.4 is 5.32 Å². The summed E-state index contributed by atoms with van der Waals surface area (Å²) >= 11 is 0. The fourth-order valence-electron chi connectivity index (χ4n) is 1.37. The first-order valence-corrected chi connectivity index (χ1v) is 4.77. The highest BCUT2D eigenvalue weighted by Crippen LogP contribution is 2.29. The average molecular weight is 241 g/mol.